The Bertz CT molecular complexity index is 587. The molecule has 7 atom stereocenters. The van der Waals surface area contributed by atoms with Crippen LogP contribution in [-0.4, -0.2) is 21.9 Å². The number of hydrogen-bond acceptors (Lipinski definition) is 2. The maximum Gasteiger partial charge on any atom is 0.0656 e. The second-order valence-corrected chi connectivity index (χ2v) is 11.0. The molecule has 0 spiro atoms. The normalized spacial score (nSPS) is 42.9. The van der Waals surface area contributed by atoms with Crippen molar-refractivity contribution in [1.29, 1.82) is 0 Å². The van der Waals surface area contributed by atoms with Gasteiger partial charge < -0.3 is 10.2 Å². The lowest BCUT2D eigenvalue weighted by molar-refractivity contribution is -0.0549. The summed E-state index contributed by atoms with van der Waals surface area (Å²) in [6, 6.07) is 0. The molecule has 2 heteroatoms. The predicted octanol–water partition coefficient (Wildman–Crippen LogP) is 5.89. The molecule has 2 nitrogen and oxygen atoms in total. The van der Waals surface area contributed by atoms with Crippen molar-refractivity contribution in [2.75, 3.05) is 0 Å². The van der Waals surface area contributed by atoms with Gasteiger partial charge in [-0.15, -0.1) is 0 Å². The van der Waals surface area contributed by atoms with Crippen LogP contribution in [0.5, 0.6) is 0 Å². The second-order valence-electron chi connectivity index (χ2n) is 11.0. The van der Waals surface area contributed by atoms with Crippen LogP contribution in [0.15, 0.2) is 23.8 Å². The van der Waals surface area contributed by atoms with E-state index in [1.807, 2.05) is 0 Å². The van der Waals surface area contributed by atoms with Crippen LogP contribution in [0.4, 0.5) is 0 Å². The predicted molar refractivity (Wildman–Crippen MR) is 113 cm³/mol. The quantitative estimate of drug-likeness (QED) is 0.589. The highest BCUT2D eigenvalue weighted by Gasteiger charge is 2.52. The lowest BCUT2D eigenvalue weighted by Crippen LogP contribution is -2.43. The molecule has 154 valence electrons. The van der Waals surface area contributed by atoms with Crippen molar-refractivity contribution in [3.8, 4) is 0 Å². The van der Waals surface area contributed by atoms with Crippen LogP contribution in [-0.2, 0) is 0 Å². The van der Waals surface area contributed by atoms with E-state index in [1.54, 1.807) is 0 Å². The topological polar surface area (TPSA) is 40.5 Å². The third kappa shape index (κ3) is 4.22. The zero-order chi connectivity index (χ0) is 20.0. The molecule has 3 aliphatic rings. The summed E-state index contributed by atoms with van der Waals surface area (Å²) in [6.07, 6.45) is 10.4. The fourth-order valence-electron chi connectivity index (χ4n) is 6.80. The van der Waals surface area contributed by atoms with E-state index in [2.05, 4.69) is 47.3 Å². The molecule has 0 heterocycles. The molecular formula is C25H42O2. The van der Waals surface area contributed by atoms with Crippen LogP contribution >= 0.6 is 0 Å². The second kappa shape index (κ2) is 7.67. The van der Waals surface area contributed by atoms with Crippen LogP contribution < -0.4 is 0 Å². The molecule has 3 aliphatic carbocycles. The largest absolute Gasteiger partial charge is 0.393 e. The van der Waals surface area contributed by atoms with Gasteiger partial charge in [-0.05, 0) is 100 Å². The molecule has 0 aromatic carbocycles. The summed E-state index contributed by atoms with van der Waals surface area (Å²) < 4.78 is 0. The van der Waals surface area contributed by atoms with E-state index >= 15 is 0 Å². The Hall–Kier alpha value is -0.600. The van der Waals surface area contributed by atoms with Gasteiger partial charge in [-0.25, -0.2) is 0 Å². The smallest absolute Gasteiger partial charge is 0.0656 e. The Morgan fingerprint density at radius 2 is 1.93 bits per heavy atom. The van der Waals surface area contributed by atoms with E-state index in [1.165, 1.54) is 30.4 Å². The zero-order valence-corrected chi connectivity index (χ0v) is 18.3. The molecule has 0 amide bonds. The molecule has 0 radical (unpaired) electrons. The molecule has 2 fully saturated rings. The first-order valence-corrected chi connectivity index (χ1v) is 11.3. The van der Waals surface area contributed by atoms with Gasteiger partial charge in [0.1, 0.15) is 0 Å². The molecule has 0 aliphatic heterocycles. The summed E-state index contributed by atoms with van der Waals surface area (Å²) in [5.41, 5.74) is 2.53. The van der Waals surface area contributed by atoms with Crippen molar-refractivity contribution >= 4 is 0 Å². The standard InChI is InChI=1S/C25H42O2/c1-16(2)13-19(26)14-18(4)20-9-11-24(5)15-21-17(3)7-8-23(21)25(6,27)12-10-22(20)24/h7,16,19-23,26-27H,4,8-15H2,1-3,5-6H3. The SMILES string of the molecule is C=C(CC(O)CC(C)C)C1CCC2(C)CC3C(C)=CCC3C(C)(O)CCC12. The van der Waals surface area contributed by atoms with Gasteiger partial charge in [0.25, 0.3) is 0 Å². The highest BCUT2D eigenvalue weighted by Crippen LogP contribution is 2.60. The zero-order valence-electron chi connectivity index (χ0n) is 18.3. The van der Waals surface area contributed by atoms with Gasteiger partial charge in [-0.1, -0.05) is 44.6 Å². The number of hydrogen-bond donors (Lipinski definition) is 2. The van der Waals surface area contributed by atoms with Crippen molar-refractivity contribution in [2.45, 2.75) is 97.7 Å². The monoisotopic (exact) mass is 374 g/mol. The van der Waals surface area contributed by atoms with Gasteiger partial charge in [-0.3, -0.25) is 0 Å². The summed E-state index contributed by atoms with van der Waals surface area (Å²) in [4.78, 5) is 0. The lowest BCUT2D eigenvalue weighted by atomic mass is 9.60. The Kier molecular flexibility index (Phi) is 6.00. The van der Waals surface area contributed by atoms with Crippen LogP contribution in [0.25, 0.3) is 0 Å². The van der Waals surface area contributed by atoms with Crippen LogP contribution in [0, 0.1) is 35.0 Å². The van der Waals surface area contributed by atoms with Crippen molar-refractivity contribution in [2.24, 2.45) is 35.0 Å². The summed E-state index contributed by atoms with van der Waals surface area (Å²) in [7, 11) is 0. The van der Waals surface area contributed by atoms with Gasteiger partial charge >= 0.3 is 0 Å². The average Bonchev–Trinajstić information content (AvgIpc) is 3.05. The molecule has 7 unspecified atom stereocenters. The van der Waals surface area contributed by atoms with E-state index < -0.39 is 5.60 Å². The van der Waals surface area contributed by atoms with E-state index in [0.29, 0.717) is 35.0 Å². The van der Waals surface area contributed by atoms with Gasteiger partial charge in [0.15, 0.2) is 0 Å². The lowest BCUT2D eigenvalue weighted by Gasteiger charge is -2.46. The highest BCUT2D eigenvalue weighted by atomic mass is 16.3. The Morgan fingerprint density at radius 3 is 2.59 bits per heavy atom. The van der Waals surface area contributed by atoms with Crippen molar-refractivity contribution in [1.82, 2.24) is 0 Å². The Balaban J connectivity index is 1.77. The minimum atomic E-state index is -0.564. The highest BCUT2D eigenvalue weighted by molar-refractivity contribution is 5.20. The van der Waals surface area contributed by atoms with Gasteiger partial charge in [0, 0.05) is 0 Å². The van der Waals surface area contributed by atoms with Crippen LogP contribution in [0.2, 0.25) is 0 Å². The maximum absolute atomic E-state index is 11.2. The molecule has 0 saturated heterocycles. The van der Waals surface area contributed by atoms with Crippen LogP contribution in [0.1, 0.15) is 86.0 Å². The average molecular weight is 375 g/mol. The van der Waals surface area contributed by atoms with Gasteiger partial charge in [-0.2, -0.15) is 0 Å². The van der Waals surface area contributed by atoms with Gasteiger partial charge in [0.05, 0.1) is 11.7 Å². The van der Waals surface area contributed by atoms with E-state index in [9.17, 15) is 10.2 Å². The summed E-state index contributed by atoms with van der Waals surface area (Å²) >= 11 is 0. The van der Waals surface area contributed by atoms with E-state index in [4.69, 9.17) is 0 Å². The number of rotatable bonds is 5. The van der Waals surface area contributed by atoms with Crippen molar-refractivity contribution in [3.63, 3.8) is 0 Å². The molecule has 27 heavy (non-hydrogen) atoms. The number of fused-ring (bicyclic) bond motifs is 2. The van der Waals surface area contributed by atoms with E-state index in [-0.39, 0.29) is 6.10 Å². The van der Waals surface area contributed by atoms with Crippen molar-refractivity contribution in [3.05, 3.63) is 23.8 Å². The molecule has 0 aromatic heterocycles. The minimum Gasteiger partial charge on any atom is -0.393 e. The first-order chi connectivity index (χ1) is 12.5. The third-order valence-electron chi connectivity index (χ3n) is 8.38. The number of aliphatic hydroxyl groups is 2. The fourth-order valence-corrected chi connectivity index (χ4v) is 6.80. The number of allylic oxidation sites excluding steroid dienone is 2. The first kappa shape index (κ1) is 21.1. The summed E-state index contributed by atoms with van der Waals surface area (Å²) in [6.45, 7) is 15.6. The third-order valence-corrected chi connectivity index (χ3v) is 8.38. The van der Waals surface area contributed by atoms with E-state index in [0.717, 1.165) is 32.1 Å². The molecule has 2 saturated carbocycles. The maximum atomic E-state index is 11.2. The van der Waals surface area contributed by atoms with Crippen molar-refractivity contribution < 1.29 is 10.2 Å². The molecule has 0 bridgehead atoms. The first-order valence-electron chi connectivity index (χ1n) is 11.3. The summed E-state index contributed by atoms with van der Waals surface area (Å²) in [5.74, 6) is 2.55. The Morgan fingerprint density at radius 1 is 1.22 bits per heavy atom. The summed E-state index contributed by atoms with van der Waals surface area (Å²) in [5, 5.41) is 21.7. The molecule has 2 N–H and O–H groups in total. The van der Waals surface area contributed by atoms with Crippen LogP contribution in [0.3, 0.4) is 0 Å². The fraction of sp³-hybridized carbons (Fsp3) is 0.840. The molecule has 3 rings (SSSR count). The number of aliphatic hydroxyl groups excluding tert-OH is 1. The minimum absolute atomic E-state index is 0.259. The molecule has 0 aromatic rings. The molecular weight excluding hydrogens is 332 g/mol. The Labute approximate surface area is 167 Å². The van der Waals surface area contributed by atoms with Gasteiger partial charge in [0.2, 0.25) is 0 Å².